The first-order valence-corrected chi connectivity index (χ1v) is 9.61. The Morgan fingerprint density at radius 2 is 1.93 bits per heavy atom. The van der Waals surface area contributed by atoms with Gasteiger partial charge in [0.2, 0.25) is 5.91 Å². The molecule has 1 amide bonds. The van der Waals surface area contributed by atoms with Gasteiger partial charge in [-0.2, -0.15) is 18.3 Å². The molecule has 0 spiro atoms. The fraction of sp³-hybridized carbons (Fsp3) is 0.200. The number of carbonyl (C=O) groups is 1. The Kier molecular flexibility index (Phi) is 5.19. The van der Waals surface area contributed by atoms with Crippen molar-refractivity contribution in [3.63, 3.8) is 0 Å². The highest BCUT2D eigenvalue weighted by Gasteiger charge is 2.32. The topological polar surface area (TPSA) is 76.2 Å². The lowest BCUT2D eigenvalue weighted by molar-refractivity contribution is -0.137. The number of H-pyrrole nitrogens is 1. The molecule has 6 nitrogen and oxygen atoms in total. The lowest BCUT2D eigenvalue weighted by Gasteiger charge is -2.22. The van der Waals surface area contributed by atoms with Crippen molar-refractivity contribution in [2.45, 2.75) is 18.5 Å². The molecule has 156 valence electrons. The maximum atomic E-state index is 13.1. The van der Waals surface area contributed by atoms with Crippen molar-refractivity contribution in [2.75, 3.05) is 12.4 Å². The zero-order chi connectivity index (χ0) is 21.5. The molecule has 1 aliphatic rings. The van der Waals surface area contributed by atoms with Crippen LogP contribution >= 0.6 is 15.9 Å². The van der Waals surface area contributed by atoms with Gasteiger partial charge in [0, 0.05) is 30.2 Å². The van der Waals surface area contributed by atoms with Gasteiger partial charge in [0.15, 0.2) is 5.82 Å². The molecular formula is C20H15BrF3N3O3. The van der Waals surface area contributed by atoms with Crippen LogP contribution in [0.2, 0.25) is 0 Å². The van der Waals surface area contributed by atoms with E-state index in [-0.39, 0.29) is 29.7 Å². The molecular weight excluding hydrogens is 467 g/mol. The van der Waals surface area contributed by atoms with E-state index >= 15 is 0 Å². The molecule has 1 aromatic heterocycles. The minimum atomic E-state index is -4.53. The van der Waals surface area contributed by atoms with Crippen LogP contribution in [-0.4, -0.2) is 23.2 Å². The van der Waals surface area contributed by atoms with Crippen molar-refractivity contribution in [1.29, 1.82) is 0 Å². The number of alkyl halides is 3. The van der Waals surface area contributed by atoms with Gasteiger partial charge in [-0.3, -0.25) is 9.89 Å². The van der Waals surface area contributed by atoms with Crippen LogP contribution in [0.3, 0.4) is 0 Å². The number of hydrogen-bond donors (Lipinski definition) is 2. The first-order valence-electron chi connectivity index (χ1n) is 8.81. The van der Waals surface area contributed by atoms with Crippen LogP contribution in [0.15, 0.2) is 47.1 Å². The van der Waals surface area contributed by atoms with E-state index in [4.69, 9.17) is 9.47 Å². The first kappa shape index (κ1) is 20.3. The summed E-state index contributed by atoms with van der Waals surface area (Å²) in [5.74, 6) is 0.493. The zero-order valence-corrected chi connectivity index (χ0v) is 17.1. The fourth-order valence-corrected chi connectivity index (χ4v) is 3.77. The molecule has 0 saturated heterocycles. The van der Waals surface area contributed by atoms with E-state index in [1.807, 2.05) is 0 Å². The number of ether oxygens (including phenoxy) is 2. The van der Waals surface area contributed by atoms with Gasteiger partial charge in [-0.15, -0.1) is 0 Å². The van der Waals surface area contributed by atoms with E-state index in [9.17, 15) is 18.0 Å². The van der Waals surface area contributed by atoms with Crippen molar-refractivity contribution < 1.29 is 27.4 Å². The molecule has 2 N–H and O–H groups in total. The van der Waals surface area contributed by atoms with Crippen LogP contribution in [0.25, 0.3) is 0 Å². The van der Waals surface area contributed by atoms with Crippen molar-refractivity contribution in [2.24, 2.45) is 0 Å². The minimum absolute atomic E-state index is 0.00992. The number of hydrogen-bond acceptors (Lipinski definition) is 4. The van der Waals surface area contributed by atoms with Gasteiger partial charge in [0.1, 0.15) is 17.2 Å². The summed E-state index contributed by atoms with van der Waals surface area (Å²) in [7, 11) is 1.29. The van der Waals surface area contributed by atoms with Crippen LogP contribution in [0.1, 0.15) is 29.0 Å². The summed E-state index contributed by atoms with van der Waals surface area (Å²) in [6.07, 6.45) is -2.55. The molecule has 10 heteroatoms. The Morgan fingerprint density at radius 1 is 1.17 bits per heavy atom. The molecule has 0 aliphatic carbocycles. The van der Waals surface area contributed by atoms with Crippen LogP contribution in [0, 0.1) is 0 Å². The number of nitrogens with zero attached hydrogens (tertiary/aromatic N) is 1. The monoisotopic (exact) mass is 481 g/mol. The second-order valence-electron chi connectivity index (χ2n) is 6.68. The molecule has 4 rings (SSSR count). The number of fused-ring (bicyclic) bond motifs is 1. The van der Waals surface area contributed by atoms with Crippen molar-refractivity contribution in [3.05, 3.63) is 63.8 Å². The molecule has 1 atom stereocenters. The number of rotatable bonds is 4. The second kappa shape index (κ2) is 7.67. The lowest BCUT2D eigenvalue weighted by Crippen LogP contribution is -2.22. The summed E-state index contributed by atoms with van der Waals surface area (Å²) in [6, 6.07) is 8.37. The summed E-state index contributed by atoms with van der Waals surface area (Å²) in [4.78, 5) is 12.0. The highest BCUT2D eigenvalue weighted by molar-refractivity contribution is 9.10. The standard InChI is InChI=1S/C20H15BrF3N3O3/c1-29-12-5-11(20(22,23)24)6-13(7-12)30-17-3-2-10(4-16(17)21)14-8-18(28)26-19-15(14)9-25-27-19/h2-7,9,14H,8H2,1H3,(H2,25,26,27,28). The highest BCUT2D eigenvalue weighted by atomic mass is 79.9. The van der Waals surface area contributed by atoms with Crippen LogP contribution < -0.4 is 14.8 Å². The van der Waals surface area contributed by atoms with Crippen molar-refractivity contribution in [3.8, 4) is 17.2 Å². The van der Waals surface area contributed by atoms with Crippen LogP contribution in [-0.2, 0) is 11.0 Å². The smallest absolute Gasteiger partial charge is 0.416 e. The van der Waals surface area contributed by atoms with Crippen LogP contribution in [0.4, 0.5) is 19.0 Å². The molecule has 0 fully saturated rings. The van der Waals surface area contributed by atoms with Crippen molar-refractivity contribution in [1.82, 2.24) is 10.2 Å². The normalized spacial score (nSPS) is 16.0. The van der Waals surface area contributed by atoms with E-state index in [1.165, 1.54) is 13.2 Å². The highest BCUT2D eigenvalue weighted by Crippen LogP contribution is 2.41. The van der Waals surface area contributed by atoms with Gasteiger partial charge in [0.25, 0.3) is 0 Å². The molecule has 3 aromatic rings. The predicted octanol–water partition coefficient (Wildman–Crippen LogP) is 5.47. The third kappa shape index (κ3) is 4.00. The summed E-state index contributed by atoms with van der Waals surface area (Å²) in [5.41, 5.74) is 0.830. The van der Waals surface area contributed by atoms with Gasteiger partial charge < -0.3 is 14.8 Å². The molecule has 2 heterocycles. The molecule has 2 aromatic carbocycles. The van der Waals surface area contributed by atoms with Gasteiger partial charge >= 0.3 is 6.18 Å². The number of aromatic nitrogens is 2. The summed E-state index contributed by atoms with van der Waals surface area (Å²) in [6.45, 7) is 0. The Morgan fingerprint density at radius 3 is 2.63 bits per heavy atom. The number of anilines is 1. The molecule has 1 unspecified atom stereocenters. The van der Waals surface area contributed by atoms with E-state index in [0.717, 1.165) is 23.3 Å². The summed E-state index contributed by atoms with van der Waals surface area (Å²) in [5, 5.41) is 9.47. The number of carbonyl (C=O) groups excluding carboxylic acids is 1. The molecule has 0 saturated carbocycles. The second-order valence-corrected chi connectivity index (χ2v) is 7.54. The van der Waals surface area contributed by atoms with Crippen LogP contribution in [0.5, 0.6) is 17.2 Å². The minimum Gasteiger partial charge on any atom is -0.497 e. The predicted molar refractivity (Wildman–Crippen MR) is 106 cm³/mol. The van der Waals surface area contributed by atoms with Gasteiger partial charge in [-0.05, 0) is 45.8 Å². The molecule has 0 radical (unpaired) electrons. The lowest BCUT2D eigenvalue weighted by atomic mass is 9.87. The van der Waals surface area contributed by atoms with Gasteiger partial charge in [0.05, 0.1) is 17.1 Å². The Balaban J connectivity index is 1.63. The van der Waals surface area contributed by atoms with E-state index in [1.54, 1.807) is 24.4 Å². The fourth-order valence-electron chi connectivity index (χ4n) is 3.30. The summed E-state index contributed by atoms with van der Waals surface area (Å²) < 4.78 is 50.5. The molecule has 0 bridgehead atoms. The quantitative estimate of drug-likeness (QED) is 0.518. The number of methoxy groups -OCH3 is 1. The van der Waals surface area contributed by atoms with Gasteiger partial charge in [-0.1, -0.05) is 6.07 Å². The number of aromatic amines is 1. The average molecular weight is 482 g/mol. The number of nitrogens with one attached hydrogen (secondary N) is 2. The maximum Gasteiger partial charge on any atom is 0.416 e. The van der Waals surface area contributed by atoms with E-state index < -0.39 is 11.7 Å². The van der Waals surface area contributed by atoms with Gasteiger partial charge in [-0.25, -0.2) is 0 Å². The van der Waals surface area contributed by atoms with E-state index in [2.05, 4.69) is 31.4 Å². The average Bonchev–Trinajstić information content (AvgIpc) is 3.16. The Bertz CT molecular complexity index is 1110. The Labute approximate surface area is 177 Å². The number of amides is 1. The SMILES string of the molecule is COc1cc(Oc2ccc(C3CC(=O)Nc4n[nH]cc43)cc2Br)cc(C(F)(F)F)c1. The first-order chi connectivity index (χ1) is 14.2. The maximum absolute atomic E-state index is 13.1. The largest absolute Gasteiger partial charge is 0.497 e. The summed E-state index contributed by atoms with van der Waals surface area (Å²) >= 11 is 3.41. The zero-order valence-electron chi connectivity index (χ0n) is 15.5. The third-order valence-electron chi connectivity index (χ3n) is 4.72. The molecule has 1 aliphatic heterocycles. The third-order valence-corrected chi connectivity index (χ3v) is 5.34. The Hall–Kier alpha value is -3.01. The van der Waals surface area contributed by atoms with E-state index in [0.29, 0.717) is 16.0 Å². The molecule has 30 heavy (non-hydrogen) atoms. The number of halogens is 4. The number of benzene rings is 2. The van der Waals surface area contributed by atoms with Crippen molar-refractivity contribution >= 4 is 27.7 Å².